The first-order valence-corrected chi connectivity index (χ1v) is 30.1. The second kappa shape index (κ2) is 27.5. The first-order chi connectivity index (χ1) is 39.5. The number of hydrogen-bond donors (Lipinski definition) is 2. The van der Waals surface area contributed by atoms with Gasteiger partial charge in [0.1, 0.15) is 29.6 Å². The maximum absolute atomic E-state index is 15.6. The van der Waals surface area contributed by atoms with Crippen molar-refractivity contribution < 1.29 is 54.3 Å². The summed E-state index contributed by atoms with van der Waals surface area (Å²) in [6.45, 7) is 31.5. The molecule has 0 aliphatic rings. The molecule has 448 valence electrons. The van der Waals surface area contributed by atoms with Crippen LogP contribution < -0.4 is 0 Å². The third-order valence-corrected chi connectivity index (χ3v) is 16.6. The van der Waals surface area contributed by atoms with Crippen LogP contribution in [0.25, 0.3) is 87.6 Å². The minimum atomic E-state index is -0.424. The molecule has 4 nitrogen and oxygen atoms in total. The van der Waals surface area contributed by atoms with Gasteiger partial charge in [0.2, 0.25) is 0 Å². The van der Waals surface area contributed by atoms with Gasteiger partial charge in [-0.2, -0.15) is 0 Å². The van der Waals surface area contributed by atoms with Crippen LogP contribution in [-0.4, -0.2) is 32.9 Å². The number of phenols is 2. The van der Waals surface area contributed by atoms with Crippen molar-refractivity contribution >= 4 is 43.1 Å². The van der Waals surface area contributed by atoms with Gasteiger partial charge in [0.25, 0.3) is 11.5 Å². The zero-order chi connectivity index (χ0) is 59.3. The number of ether oxygens (including phenoxy) is 2. The van der Waals surface area contributed by atoms with E-state index in [1.54, 1.807) is 12.1 Å². The van der Waals surface area contributed by atoms with Crippen molar-refractivity contribution in [3.63, 3.8) is 0 Å². The van der Waals surface area contributed by atoms with Gasteiger partial charge in [-0.25, -0.2) is 8.78 Å². The molecule has 0 saturated heterocycles. The van der Waals surface area contributed by atoms with E-state index >= 15 is 8.78 Å². The fourth-order valence-electron chi connectivity index (χ4n) is 12.9. The molecule has 0 heterocycles. The van der Waals surface area contributed by atoms with E-state index in [-0.39, 0.29) is 52.2 Å². The molecule has 0 aliphatic carbocycles. The van der Waals surface area contributed by atoms with Crippen LogP contribution in [0.5, 0.6) is 23.0 Å². The van der Waals surface area contributed by atoms with Crippen LogP contribution in [0.15, 0.2) is 121 Å². The summed E-state index contributed by atoms with van der Waals surface area (Å²) in [5.74, 6) is 2.28. The summed E-state index contributed by atoms with van der Waals surface area (Å²) >= 11 is 0. The number of rotatable bonds is 18. The Balaban J connectivity index is 0.00000353. The van der Waals surface area contributed by atoms with Crippen LogP contribution in [0.4, 0.5) is 8.78 Å². The van der Waals surface area contributed by atoms with Gasteiger partial charge in [-0.3, -0.25) is 0 Å². The van der Waals surface area contributed by atoms with E-state index in [1.807, 2.05) is 26.0 Å². The minimum Gasteiger partial charge on any atom is -0.582 e. The van der Waals surface area contributed by atoms with E-state index in [1.165, 1.54) is 68.8 Å². The van der Waals surface area contributed by atoms with Crippen molar-refractivity contribution in [3.8, 4) is 67.5 Å². The summed E-state index contributed by atoms with van der Waals surface area (Å²) < 4.78 is 41.3. The van der Waals surface area contributed by atoms with E-state index < -0.39 is 11.6 Å². The minimum absolute atomic E-state index is 0. The third-order valence-electron chi connectivity index (χ3n) is 16.6. The first kappa shape index (κ1) is 66.7. The van der Waals surface area contributed by atoms with Crippen molar-refractivity contribution in [2.45, 2.75) is 129 Å². The van der Waals surface area contributed by atoms with Crippen molar-refractivity contribution in [1.82, 2.24) is 0 Å². The Bertz CT molecular complexity index is 4080. The number of phenolic OH excluding ortho intramolecular Hbond substituents is 2. The van der Waals surface area contributed by atoms with Crippen molar-refractivity contribution in [2.24, 2.45) is 23.7 Å². The van der Waals surface area contributed by atoms with Crippen LogP contribution in [0.1, 0.15) is 117 Å². The van der Waals surface area contributed by atoms with Gasteiger partial charge < -0.3 is 34.5 Å². The number of fused-ring (bicyclic) bond motifs is 4. The van der Waals surface area contributed by atoms with Crippen LogP contribution >= 0.6 is 0 Å². The van der Waals surface area contributed by atoms with E-state index in [2.05, 4.69) is 156 Å². The average Bonchev–Trinajstić information content (AvgIpc) is 0.760. The van der Waals surface area contributed by atoms with Gasteiger partial charge in [-0.15, -0.1) is 0 Å². The summed E-state index contributed by atoms with van der Waals surface area (Å²) in [6.07, 6.45) is 4.26. The van der Waals surface area contributed by atoms with Crippen LogP contribution in [0, 0.1) is 91.7 Å². The number of aryl methyl sites for hydroxylation is 6. The normalized spacial score (nSPS) is 11.6. The largest absolute Gasteiger partial charge is 0.582 e. The number of aliphatic hydroxyl groups is 2. The van der Waals surface area contributed by atoms with E-state index in [0.717, 1.165) is 91.0 Å². The SMILES string of the molecule is Cc1cc(-c2cc(F)ccc2[OH+]CCC[OH+]c2ccc(F)cc2-c2cc(C)cc(-c3c4cc(CC(C)C)c(C)cc4cc4c(C)cc(CC(C)C)cc34)c2O)c(O)c(-c2c3cc(CC(C)C)c(C)cc3cc3cc(C)c(CC(C)C)cc23)c1.[CH3-].[CH3-].[Hf]. The Morgan fingerprint density at radius 3 is 1.14 bits per heavy atom. The maximum atomic E-state index is 15.6. The summed E-state index contributed by atoms with van der Waals surface area (Å²) in [5, 5.41) is 34.3. The predicted octanol–water partition coefficient (Wildman–Crippen LogP) is 21.8. The van der Waals surface area contributed by atoms with Gasteiger partial charge in [0, 0.05) is 71.4 Å². The molecule has 10 aromatic rings. The average molecular weight is 1320 g/mol. The topological polar surface area (TPSA) is 66.1 Å². The monoisotopic (exact) mass is 1320 g/mol. The second-order valence-electron chi connectivity index (χ2n) is 25.8. The van der Waals surface area contributed by atoms with Gasteiger partial charge in [0.05, 0.1) is 11.1 Å². The van der Waals surface area contributed by atoms with Gasteiger partial charge in [-0.05, 0) is 250 Å². The Hall–Kier alpha value is -6.83. The molecule has 86 heavy (non-hydrogen) atoms. The van der Waals surface area contributed by atoms with Crippen LogP contribution in [0.3, 0.4) is 0 Å². The molecule has 7 heteroatoms. The quantitative estimate of drug-likeness (QED) is 0.0296. The molecule has 0 bridgehead atoms. The maximum Gasteiger partial charge on any atom is 0.262 e. The summed E-state index contributed by atoms with van der Waals surface area (Å²) in [7, 11) is 0. The molecule has 0 saturated carbocycles. The smallest absolute Gasteiger partial charge is 0.262 e. The van der Waals surface area contributed by atoms with Gasteiger partial charge >= 0.3 is 0 Å². The number of hydrogen-bond acceptors (Lipinski definition) is 2. The van der Waals surface area contributed by atoms with Gasteiger partial charge in [0.15, 0.2) is 13.2 Å². The van der Waals surface area contributed by atoms with Crippen molar-refractivity contribution in [2.75, 3.05) is 13.2 Å². The molecule has 0 spiro atoms. The molecule has 4 N–H and O–H groups in total. The summed E-state index contributed by atoms with van der Waals surface area (Å²) in [5.41, 5.74) is 17.3. The molecule has 0 unspecified atom stereocenters. The number of benzene rings is 10. The second-order valence-corrected chi connectivity index (χ2v) is 25.8. The van der Waals surface area contributed by atoms with E-state index in [9.17, 15) is 10.2 Å². The molecule has 10 rings (SSSR count). The molecule has 0 aromatic heterocycles. The molecular weight excluding hydrogens is 1230 g/mol. The van der Waals surface area contributed by atoms with Crippen molar-refractivity contribution in [3.05, 3.63) is 203 Å². The first-order valence-electron chi connectivity index (χ1n) is 30.1. The van der Waals surface area contributed by atoms with E-state index in [4.69, 9.17) is 9.47 Å². The fourth-order valence-corrected chi connectivity index (χ4v) is 12.9. The molecule has 0 fully saturated rings. The molecule has 10 aromatic carbocycles. The Kier molecular flexibility index (Phi) is 21.3. The Morgan fingerprint density at radius 1 is 0.372 bits per heavy atom. The molecule has 0 radical (unpaired) electrons. The summed E-state index contributed by atoms with van der Waals surface area (Å²) in [4.78, 5) is 0. The van der Waals surface area contributed by atoms with Crippen LogP contribution in [0.2, 0.25) is 0 Å². The van der Waals surface area contributed by atoms with Crippen molar-refractivity contribution in [1.29, 1.82) is 0 Å². The molecule has 0 aliphatic heterocycles. The Morgan fingerprint density at radius 2 is 0.744 bits per heavy atom. The molecule has 0 atom stereocenters. The standard InChI is InChI=1S/C77H82F2O4.2CH3.Hf/c1-42(2)22-52-30-51(14)61-39-58-33-50(13)55(25-45(7)8)38-64(58)75(67(61)34-52)71-29-47(10)27-69(77(71)81)66-41-60(79)17-19-73(66)83-21-15-20-82-72-18-16-59(78)40-65(72)68-26-46(9)28-70(76(68)80)74-62-36-53(23-43(3)4)48(11)31-56(62)35-57-32-49(12)54(24-44(5)6)37-63(57)74;;;/h16-19,26-45,80-81H,15,20-25H2,1-14H3;2*1H3;/q;2*-1;/p+2. The zero-order valence-electron chi connectivity index (χ0n) is 53.9. The molecule has 0 amide bonds. The summed E-state index contributed by atoms with van der Waals surface area (Å²) in [6, 6.07) is 40.2. The number of aromatic hydroxyl groups is 4. The predicted molar refractivity (Wildman–Crippen MR) is 361 cm³/mol. The third kappa shape index (κ3) is 13.9. The number of halogens is 2. The van der Waals surface area contributed by atoms with Gasteiger partial charge in [-0.1, -0.05) is 104 Å². The zero-order valence-corrected chi connectivity index (χ0v) is 57.4. The van der Waals surface area contributed by atoms with E-state index in [0.29, 0.717) is 88.2 Å². The fraction of sp³-hybridized carbons (Fsp3) is 0.316. The van der Waals surface area contributed by atoms with Crippen LogP contribution in [-0.2, 0) is 51.5 Å². The Labute approximate surface area is 530 Å². The molecular formula is C79H90F2HfO4.